The van der Waals surface area contributed by atoms with Crippen molar-refractivity contribution in [3.05, 3.63) is 59.7 Å². The zero-order valence-electron chi connectivity index (χ0n) is 18.0. The minimum Gasteiger partial charge on any atom is -0.369 e. The Labute approximate surface area is 184 Å². The molecule has 3 amide bonds. The fourth-order valence-corrected chi connectivity index (χ4v) is 4.12. The number of benzene rings is 2. The molecule has 9 heteroatoms. The maximum Gasteiger partial charge on any atom is 0.416 e. The van der Waals surface area contributed by atoms with Crippen LogP contribution >= 0.6 is 0 Å². The molecule has 2 aromatic carbocycles. The molecule has 0 radical (unpaired) electrons. The van der Waals surface area contributed by atoms with Gasteiger partial charge in [-0.1, -0.05) is 23.8 Å². The number of anilines is 2. The first kappa shape index (κ1) is 22.1. The van der Waals surface area contributed by atoms with E-state index in [1.54, 1.807) is 13.0 Å². The van der Waals surface area contributed by atoms with Gasteiger partial charge < -0.3 is 4.90 Å². The van der Waals surface area contributed by atoms with Crippen molar-refractivity contribution in [2.75, 3.05) is 42.6 Å². The highest BCUT2D eigenvalue weighted by atomic mass is 19.4. The molecule has 4 rings (SSSR count). The third-order valence-corrected chi connectivity index (χ3v) is 6.01. The first-order valence-corrected chi connectivity index (χ1v) is 10.5. The van der Waals surface area contributed by atoms with Gasteiger partial charge in [-0.3, -0.25) is 14.6 Å². The number of carbonyl (C=O) groups is 2. The maximum absolute atomic E-state index is 13.0. The molecular weight excluding hydrogens is 421 g/mol. The molecule has 0 saturated carbocycles. The lowest BCUT2D eigenvalue weighted by molar-refractivity contribution is -0.137. The number of amides is 3. The van der Waals surface area contributed by atoms with Crippen molar-refractivity contribution in [3.8, 4) is 0 Å². The van der Waals surface area contributed by atoms with Crippen LogP contribution in [0, 0.1) is 6.92 Å². The minimum absolute atomic E-state index is 0.167. The number of nitrogens with zero attached hydrogens (tertiary/aromatic N) is 4. The molecule has 0 aliphatic carbocycles. The summed E-state index contributed by atoms with van der Waals surface area (Å²) in [5.74, 6) is -0.254. The zero-order valence-corrected chi connectivity index (χ0v) is 18.0. The Morgan fingerprint density at radius 2 is 1.59 bits per heavy atom. The molecule has 2 saturated heterocycles. The maximum atomic E-state index is 13.0. The van der Waals surface area contributed by atoms with Crippen LogP contribution in [0.4, 0.5) is 29.3 Å². The normalized spacial score (nSPS) is 20.4. The van der Waals surface area contributed by atoms with Crippen LogP contribution in [0.2, 0.25) is 0 Å². The molecule has 6 nitrogen and oxygen atoms in total. The molecule has 0 unspecified atom stereocenters. The number of rotatable bonds is 4. The number of hydrogen-bond acceptors (Lipinski definition) is 4. The Bertz CT molecular complexity index is 1000. The summed E-state index contributed by atoms with van der Waals surface area (Å²) in [4.78, 5) is 32.4. The van der Waals surface area contributed by atoms with Crippen LogP contribution in [0.3, 0.4) is 0 Å². The number of aryl methyl sites for hydroxylation is 1. The van der Waals surface area contributed by atoms with Gasteiger partial charge in [0.05, 0.1) is 12.2 Å². The van der Waals surface area contributed by atoms with Gasteiger partial charge >= 0.3 is 12.2 Å². The van der Waals surface area contributed by atoms with Crippen LogP contribution in [-0.2, 0) is 11.0 Å². The highest BCUT2D eigenvalue weighted by Crippen LogP contribution is 2.32. The van der Waals surface area contributed by atoms with Gasteiger partial charge in [-0.2, -0.15) is 13.2 Å². The number of hydrogen-bond donors (Lipinski definition) is 0. The second-order valence-electron chi connectivity index (χ2n) is 8.22. The summed E-state index contributed by atoms with van der Waals surface area (Å²) in [5, 5.41) is 0. The number of imide groups is 1. The monoisotopic (exact) mass is 446 g/mol. The van der Waals surface area contributed by atoms with Gasteiger partial charge in [0.15, 0.2) is 0 Å². The third kappa shape index (κ3) is 4.29. The number of halogens is 3. The SMILES string of the molecule is Cc1ccc(N2C(=O)N(CN3CCN(c4cccc(C(F)(F)F)c4)CC3)C(=O)[C@@H]2C)cc1. The molecule has 2 fully saturated rings. The van der Waals surface area contributed by atoms with E-state index in [2.05, 4.69) is 0 Å². The summed E-state index contributed by atoms with van der Waals surface area (Å²) in [6.07, 6.45) is -4.38. The van der Waals surface area contributed by atoms with E-state index in [4.69, 9.17) is 0 Å². The summed E-state index contributed by atoms with van der Waals surface area (Å²) in [6, 6.07) is 11.8. The third-order valence-electron chi connectivity index (χ3n) is 6.01. The second kappa shape index (κ2) is 8.46. The lowest BCUT2D eigenvalue weighted by Crippen LogP contribution is -2.51. The second-order valence-corrected chi connectivity index (χ2v) is 8.22. The van der Waals surface area contributed by atoms with E-state index in [-0.39, 0.29) is 18.6 Å². The Kier molecular flexibility index (Phi) is 5.85. The van der Waals surface area contributed by atoms with Crippen LogP contribution in [0.5, 0.6) is 0 Å². The Morgan fingerprint density at radius 1 is 0.938 bits per heavy atom. The lowest BCUT2D eigenvalue weighted by atomic mass is 10.1. The molecule has 0 spiro atoms. The van der Waals surface area contributed by atoms with Gasteiger partial charge in [-0.05, 0) is 44.2 Å². The topological polar surface area (TPSA) is 47.1 Å². The average Bonchev–Trinajstić information content (AvgIpc) is 2.98. The smallest absolute Gasteiger partial charge is 0.369 e. The Hall–Kier alpha value is -3.07. The standard InChI is InChI=1S/C23H25F3N4O2/c1-16-6-8-19(9-7-16)30-17(2)21(31)29(22(30)32)15-27-10-12-28(13-11-27)20-5-3-4-18(14-20)23(24,25)26/h3-9,14,17H,10-13,15H2,1-2H3/t17-/m0/s1. The zero-order chi connectivity index (χ0) is 23.0. The number of urea groups is 1. The molecule has 2 aliphatic rings. The molecule has 0 N–H and O–H groups in total. The van der Waals surface area contributed by atoms with Crippen LogP contribution in [0.1, 0.15) is 18.1 Å². The first-order chi connectivity index (χ1) is 15.1. The highest BCUT2D eigenvalue weighted by Gasteiger charge is 2.44. The molecule has 1 atom stereocenters. The van der Waals surface area contributed by atoms with E-state index in [9.17, 15) is 22.8 Å². The number of piperazine rings is 1. The van der Waals surface area contributed by atoms with Crippen LogP contribution in [-0.4, -0.2) is 60.6 Å². The molecule has 0 bridgehead atoms. The van der Waals surface area contributed by atoms with E-state index in [0.29, 0.717) is 37.6 Å². The van der Waals surface area contributed by atoms with Crippen molar-refractivity contribution in [3.63, 3.8) is 0 Å². The molecule has 2 aliphatic heterocycles. The molecule has 170 valence electrons. The minimum atomic E-state index is -4.38. The van der Waals surface area contributed by atoms with E-state index in [1.165, 1.54) is 15.9 Å². The predicted molar refractivity (Wildman–Crippen MR) is 115 cm³/mol. The summed E-state index contributed by atoms with van der Waals surface area (Å²) in [7, 11) is 0. The summed E-state index contributed by atoms with van der Waals surface area (Å²) < 4.78 is 39.0. The fraction of sp³-hybridized carbons (Fsp3) is 0.391. The molecule has 2 aromatic rings. The van der Waals surface area contributed by atoms with E-state index < -0.39 is 17.8 Å². The van der Waals surface area contributed by atoms with Gasteiger partial charge in [0.25, 0.3) is 5.91 Å². The predicted octanol–water partition coefficient (Wildman–Crippen LogP) is 3.95. The molecule has 0 aromatic heterocycles. The van der Waals surface area contributed by atoms with Crippen molar-refractivity contribution < 1.29 is 22.8 Å². The summed E-state index contributed by atoms with van der Waals surface area (Å²) in [6.45, 7) is 5.92. The van der Waals surface area contributed by atoms with E-state index in [0.717, 1.165) is 17.7 Å². The van der Waals surface area contributed by atoms with Crippen molar-refractivity contribution in [1.29, 1.82) is 0 Å². The first-order valence-electron chi connectivity index (χ1n) is 10.5. The van der Waals surface area contributed by atoms with E-state index in [1.807, 2.05) is 41.0 Å². The Balaban J connectivity index is 1.39. The van der Waals surface area contributed by atoms with E-state index >= 15 is 0 Å². The van der Waals surface area contributed by atoms with Crippen molar-refractivity contribution in [2.45, 2.75) is 26.1 Å². The van der Waals surface area contributed by atoms with Gasteiger partial charge in [0.2, 0.25) is 0 Å². The number of alkyl halides is 3. The highest BCUT2D eigenvalue weighted by molar-refractivity contribution is 6.14. The summed E-state index contributed by atoms with van der Waals surface area (Å²) in [5.41, 5.74) is 1.59. The van der Waals surface area contributed by atoms with Gasteiger partial charge in [0.1, 0.15) is 6.04 Å². The van der Waals surface area contributed by atoms with Crippen molar-refractivity contribution in [2.24, 2.45) is 0 Å². The van der Waals surface area contributed by atoms with Gasteiger partial charge in [-0.25, -0.2) is 9.69 Å². The average molecular weight is 446 g/mol. The van der Waals surface area contributed by atoms with Crippen LogP contribution in [0.25, 0.3) is 0 Å². The van der Waals surface area contributed by atoms with Crippen LogP contribution in [0.15, 0.2) is 48.5 Å². The van der Waals surface area contributed by atoms with Crippen molar-refractivity contribution >= 4 is 23.3 Å². The van der Waals surface area contributed by atoms with Gasteiger partial charge in [-0.15, -0.1) is 0 Å². The van der Waals surface area contributed by atoms with Gasteiger partial charge in [0, 0.05) is 37.6 Å². The van der Waals surface area contributed by atoms with Crippen molar-refractivity contribution in [1.82, 2.24) is 9.80 Å². The lowest BCUT2D eigenvalue weighted by Gasteiger charge is -2.37. The summed E-state index contributed by atoms with van der Waals surface area (Å²) >= 11 is 0. The quantitative estimate of drug-likeness (QED) is 0.668. The molecule has 32 heavy (non-hydrogen) atoms. The Morgan fingerprint density at radius 3 is 2.22 bits per heavy atom. The molecule has 2 heterocycles. The number of carbonyl (C=O) groups excluding carboxylic acids is 2. The largest absolute Gasteiger partial charge is 0.416 e. The fourth-order valence-electron chi connectivity index (χ4n) is 4.12. The van der Waals surface area contributed by atoms with Crippen LogP contribution < -0.4 is 9.80 Å². The molecular formula is C23H25F3N4O2.